The van der Waals surface area contributed by atoms with Gasteiger partial charge in [-0.3, -0.25) is 4.79 Å². The highest BCUT2D eigenvalue weighted by molar-refractivity contribution is 5.97. The van der Waals surface area contributed by atoms with Crippen LogP contribution in [0.15, 0.2) is 18.2 Å². The first-order valence-electron chi connectivity index (χ1n) is 5.56. The molecule has 1 aliphatic rings. The van der Waals surface area contributed by atoms with Crippen LogP contribution >= 0.6 is 0 Å². The molecule has 1 saturated heterocycles. The molecule has 1 aliphatic heterocycles. The molecular formula is C12H11F2NO4. The van der Waals surface area contributed by atoms with Gasteiger partial charge in [-0.25, -0.2) is 13.6 Å². The molecule has 0 spiro atoms. The zero-order valence-corrected chi connectivity index (χ0v) is 9.72. The summed E-state index contributed by atoms with van der Waals surface area (Å²) in [6.07, 6.45) is -1.05. The minimum absolute atomic E-state index is 0.0983. The molecule has 1 amide bonds. The highest BCUT2D eigenvalue weighted by Crippen LogP contribution is 2.21. The molecule has 1 aromatic rings. The highest BCUT2D eigenvalue weighted by atomic mass is 19.1. The molecule has 2 rings (SSSR count). The zero-order chi connectivity index (χ0) is 14.2. The maximum absolute atomic E-state index is 13.0. The van der Waals surface area contributed by atoms with Crippen LogP contribution in [0.5, 0.6) is 0 Å². The minimum atomic E-state index is -1.26. The molecule has 2 N–H and O–H groups in total. The van der Waals surface area contributed by atoms with Crippen molar-refractivity contribution >= 4 is 11.9 Å². The summed E-state index contributed by atoms with van der Waals surface area (Å²) in [4.78, 5) is 23.9. The Morgan fingerprint density at radius 1 is 1.21 bits per heavy atom. The van der Waals surface area contributed by atoms with Gasteiger partial charge in [0.1, 0.15) is 17.7 Å². The number of β-amino-alcohol motifs (C(OH)–C–C–N with tert-alkyl or cyclic N) is 1. The van der Waals surface area contributed by atoms with Gasteiger partial charge in [-0.2, -0.15) is 0 Å². The van der Waals surface area contributed by atoms with Gasteiger partial charge >= 0.3 is 5.97 Å². The van der Waals surface area contributed by atoms with Crippen LogP contribution in [0, 0.1) is 11.6 Å². The van der Waals surface area contributed by atoms with E-state index in [9.17, 15) is 23.5 Å². The van der Waals surface area contributed by atoms with Gasteiger partial charge in [0, 0.05) is 24.6 Å². The largest absolute Gasteiger partial charge is 0.480 e. The molecule has 19 heavy (non-hydrogen) atoms. The fraction of sp³-hybridized carbons (Fsp3) is 0.333. The van der Waals surface area contributed by atoms with Crippen molar-refractivity contribution in [1.29, 1.82) is 0 Å². The summed E-state index contributed by atoms with van der Waals surface area (Å²) >= 11 is 0. The Bertz CT molecular complexity index is 514. The SMILES string of the molecule is O=C(O)C1CC(O)CN1C(=O)c1cc(F)cc(F)c1. The van der Waals surface area contributed by atoms with Crippen LogP contribution in [0.4, 0.5) is 8.78 Å². The number of likely N-dealkylation sites (tertiary alicyclic amines) is 1. The van der Waals surface area contributed by atoms with Crippen molar-refractivity contribution in [3.05, 3.63) is 35.4 Å². The Hall–Kier alpha value is -2.02. The first-order valence-corrected chi connectivity index (χ1v) is 5.56. The topological polar surface area (TPSA) is 77.8 Å². The number of amides is 1. The number of aliphatic carboxylic acids is 1. The standard InChI is InChI=1S/C12H11F2NO4/c13-7-1-6(2-8(14)3-7)11(17)15-5-9(16)4-10(15)12(18)19/h1-3,9-10,16H,4-5H2,(H,18,19). The van der Waals surface area contributed by atoms with E-state index in [0.717, 1.165) is 17.0 Å². The number of carbonyl (C=O) groups is 2. The number of hydrogen-bond acceptors (Lipinski definition) is 3. The fourth-order valence-corrected chi connectivity index (χ4v) is 2.12. The normalized spacial score (nSPS) is 22.6. The Balaban J connectivity index is 2.30. The van der Waals surface area contributed by atoms with E-state index >= 15 is 0 Å². The number of carboxylic acid groups (broad SMARTS) is 1. The van der Waals surface area contributed by atoms with E-state index in [-0.39, 0.29) is 18.5 Å². The third kappa shape index (κ3) is 2.70. The molecule has 1 fully saturated rings. The molecule has 102 valence electrons. The highest BCUT2D eigenvalue weighted by Gasteiger charge is 2.39. The number of benzene rings is 1. The molecule has 2 unspecified atom stereocenters. The fourth-order valence-electron chi connectivity index (χ4n) is 2.12. The molecule has 1 aromatic carbocycles. The monoisotopic (exact) mass is 271 g/mol. The van der Waals surface area contributed by atoms with Gasteiger partial charge in [0.2, 0.25) is 0 Å². The number of carbonyl (C=O) groups excluding carboxylic acids is 1. The lowest BCUT2D eigenvalue weighted by Gasteiger charge is -2.21. The lowest BCUT2D eigenvalue weighted by atomic mass is 10.1. The number of carboxylic acids is 1. The lowest BCUT2D eigenvalue weighted by molar-refractivity contribution is -0.141. The Labute approximate surface area is 107 Å². The average Bonchev–Trinajstić information content (AvgIpc) is 2.69. The van der Waals surface area contributed by atoms with Gasteiger partial charge in [0.15, 0.2) is 0 Å². The summed E-state index contributed by atoms with van der Waals surface area (Å²) in [6.45, 7) is -0.173. The first-order chi connectivity index (χ1) is 8.88. The number of halogens is 2. The summed E-state index contributed by atoms with van der Waals surface area (Å²) in [5.74, 6) is -3.92. The van der Waals surface area contributed by atoms with Crippen molar-refractivity contribution in [2.75, 3.05) is 6.54 Å². The number of rotatable bonds is 2. The molecule has 1 heterocycles. The van der Waals surface area contributed by atoms with E-state index < -0.39 is 35.7 Å². The summed E-state index contributed by atoms with van der Waals surface area (Å²) in [5, 5.41) is 18.4. The van der Waals surface area contributed by atoms with Crippen LogP contribution < -0.4 is 0 Å². The van der Waals surface area contributed by atoms with Crippen LogP contribution in [-0.2, 0) is 4.79 Å². The van der Waals surface area contributed by atoms with E-state index in [1.807, 2.05) is 0 Å². The van der Waals surface area contributed by atoms with Gasteiger partial charge < -0.3 is 15.1 Å². The summed E-state index contributed by atoms with van der Waals surface area (Å²) in [7, 11) is 0. The Kier molecular flexibility index (Phi) is 3.48. The molecule has 0 aromatic heterocycles. The van der Waals surface area contributed by atoms with Crippen molar-refractivity contribution in [3.8, 4) is 0 Å². The summed E-state index contributed by atoms with van der Waals surface area (Å²) in [6, 6.07) is 1.09. The van der Waals surface area contributed by atoms with Gasteiger partial charge in [0.25, 0.3) is 5.91 Å². The molecular weight excluding hydrogens is 260 g/mol. The minimum Gasteiger partial charge on any atom is -0.480 e. The number of hydrogen-bond donors (Lipinski definition) is 2. The second-order valence-electron chi connectivity index (χ2n) is 4.36. The van der Waals surface area contributed by atoms with Crippen LogP contribution in [-0.4, -0.2) is 45.7 Å². The lowest BCUT2D eigenvalue weighted by Crippen LogP contribution is -2.40. The van der Waals surface area contributed by atoms with Gasteiger partial charge in [-0.05, 0) is 12.1 Å². The van der Waals surface area contributed by atoms with Crippen LogP contribution in [0.1, 0.15) is 16.8 Å². The second-order valence-corrected chi connectivity index (χ2v) is 4.36. The van der Waals surface area contributed by atoms with Crippen molar-refractivity contribution in [3.63, 3.8) is 0 Å². The quantitative estimate of drug-likeness (QED) is 0.826. The van der Waals surface area contributed by atoms with E-state index in [1.54, 1.807) is 0 Å². The van der Waals surface area contributed by atoms with E-state index in [1.165, 1.54) is 0 Å². The van der Waals surface area contributed by atoms with E-state index in [0.29, 0.717) is 6.07 Å². The molecule has 7 heteroatoms. The number of nitrogens with zero attached hydrogens (tertiary/aromatic N) is 1. The number of aliphatic hydroxyl groups is 1. The van der Waals surface area contributed by atoms with Gasteiger partial charge in [-0.15, -0.1) is 0 Å². The van der Waals surface area contributed by atoms with Gasteiger partial charge in [-0.1, -0.05) is 0 Å². The molecule has 2 atom stereocenters. The van der Waals surface area contributed by atoms with Crippen molar-refractivity contribution < 1.29 is 28.6 Å². The van der Waals surface area contributed by atoms with Crippen molar-refractivity contribution in [1.82, 2.24) is 4.90 Å². The Morgan fingerprint density at radius 3 is 2.32 bits per heavy atom. The van der Waals surface area contributed by atoms with Crippen LogP contribution in [0.2, 0.25) is 0 Å². The molecule has 0 aliphatic carbocycles. The molecule has 0 saturated carbocycles. The Morgan fingerprint density at radius 2 is 1.79 bits per heavy atom. The summed E-state index contributed by atoms with van der Waals surface area (Å²) in [5.41, 5.74) is -0.280. The molecule has 5 nitrogen and oxygen atoms in total. The third-order valence-electron chi connectivity index (χ3n) is 2.93. The maximum Gasteiger partial charge on any atom is 0.326 e. The predicted molar refractivity (Wildman–Crippen MR) is 59.4 cm³/mol. The number of aliphatic hydroxyl groups excluding tert-OH is 1. The maximum atomic E-state index is 13.0. The van der Waals surface area contributed by atoms with Crippen LogP contribution in [0.25, 0.3) is 0 Å². The molecule has 0 bridgehead atoms. The third-order valence-corrected chi connectivity index (χ3v) is 2.93. The zero-order valence-electron chi connectivity index (χ0n) is 9.72. The van der Waals surface area contributed by atoms with Crippen molar-refractivity contribution in [2.45, 2.75) is 18.6 Å². The van der Waals surface area contributed by atoms with E-state index in [2.05, 4.69) is 0 Å². The van der Waals surface area contributed by atoms with Gasteiger partial charge in [0.05, 0.1) is 6.10 Å². The molecule has 0 radical (unpaired) electrons. The van der Waals surface area contributed by atoms with E-state index in [4.69, 9.17) is 5.11 Å². The van der Waals surface area contributed by atoms with Crippen LogP contribution in [0.3, 0.4) is 0 Å². The smallest absolute Gasteiger partial charge is 0.326 e. The summed E-state index contributed by atoms with van der Waals surface area (Å²) < 4.78 is 26.1. The van der Waals surface area contributed by atoms with Crippen molar-refractivity contribution in [2.24, 2.45) is 0 Å². The average molecular weight is 271 g/mol. The predicted octanol–water partition coefficient (Wildman–Crippen LogP) is 0.625. The second kappa shape index (κ2) is 4.93. The first kappa shape index (κ1) is 13.4.